The number of carbonyl (C=O) groups is 1. The van der Waals surface area contributed by atoms with Crippen LogP contribution < -0.4 is 4.90 Å². The van der Waals surface area contributed by atoms with E-state index in [4.69, 9.17) is 4.42 Å². The van der Waals surface area contributed by atoms with Crippen LogP contribution in [0, 0.1) is 0 Å². The first-order valence-electron chi connectivity index (χ1n) is 8.96. The fourth-order valence-electron chi connectivity index (χ4n) is 3.55. The molecule has 2 aromatic rings. The van der Waals surface area contributed by atoms with Crippen molar-refractivity contribution in [2.75, 3.05) is 24.6 Å². The number of aliphatic hydroxyl groups is 1. The molecule has 0 fully saturated rings. The topological polar surface area (TPSA) is 56.9 Å². The van der Waals surface area contributed by atoms with Gasteiger partial charge in [0.1, 0.15) is 0 Å². The van der Waals surface area contributed by atoms with Gasteiger partial charge >= 0.3 is 0 Å². The van der Waals surface area contributed by atoms with Crippen molar-refractivity contribution in [3.63, 3.8) is 0 Å². The van der Waals surface area contributed by atoms with E-state index in [0.717, 1.165) is 18.4 Å². The lowest BCUT2D eigenvalue weighted by molar-refractivity contribution is 0.0688. The summed E-state index contributed by atoms with van der Waals surface area (Å²) < 4.78 is 5.53. The summed E-state index contributed by atoms with van der Waals surface area (Å²) in [7, 11) is 0. The Morgan fingerprint density at radius 3 is 2.88 bits per heavy atom. The molecule has 2 heterocycles. The number of rotatable bonds is 7. The van der Waals surface area contributed by atoms with Crippen LogP contribution in [0.15, 0.2) is 41.0 Å². The van der Waals surface area contributed by atoms with Crippen molar-refractivity contribution < 1.29 is 14.3 Å². The normalized spacial score (nSPS) is 16.1. The smallest absolute Gasteiger partial charge is 0.289 e. The van der Waals surface area contributed by atoms with Crippen LogP contribution in [0.4, 0.5) is 5.69 Å². The predicted molar refractivity (Wildman–Crippen MR) is 97.8 cm³/mol. The molecule has 1 atom stereocenters. The second-order valence-corrected chi connectivity index (χ2v) is 6.60. The van der Waals surface area contributed by atoms with E-state index in [1.54, 1.807) is 11.2 Å². The van der Waals surface area contributed by atoms with Gasteiger partial charge in [-0.3, -0.25) is 4.79 Å². The van der Waals surface area contributed by atoms with Crippen LogP contribution in [0.1, 0.15) is 41.9 Å². The highest BCUT2D eigenvalue weighted by Crippen LogP contribution is 2.33. The molecule has 1 aromatic carbocycles. The third-order valence-electron chi connectivity index (χ3n) is 4.78. The number of nitrogens with zero attached hydrogens (tertiary/aromatic N) is 2. The molecule has 134 valence electrons. The van der Waals surface area contributed by atoms with Crippen LogP contribution in [0.2, 0.25) is 0 Å². The maximum absolute atomic E-state index is 12.8. The van der Waals surface area contributed by atoms with Crippen molar-refractivity contribution in [1.82, 2.24) is 4.90 Å². The van der Waals surface area contributed by atoms with Gasteiger partial charge in [-0.1, -0.05) is 25.1 Å². The second kappa shape index (κ2) is 7.74. The summed E-state index contributed by atoms with van der Waals surface area (Å²) in [5.41, 5.74) is 3.47. The van der Waals surface area contributed by atoms with E-state index in [1.165, 1.54) is 11.3 Å². The highest BCUT2D eigenvalue weighted by Gasteiger charge is 2.28. The Bertz CT molecular complexity index is 719. The first-order valence-corrected chi connectivity index (χ1v) is 8.96. The summed E-state index contributed by atoms with van der Waals surface area (Å²) in [5.74, 6) is 0.245. The third kappa shape index (κ3) is 3.56. The fraction of sp³-hybridized carbons (Fsp3) is 0.450. The minimum atomic E-state index is -0.143. The van der Waals surface area contributed by atoms with Crippen molar-refractivity contribution in [2.45, 2.75) is 39.3 Å². The quantitative estimate of drug-likeness (QED) is 0.840. The van der Waals surface area contributed by atoms with Gasteiger partial charge in [0.05, 0.1) is 12.9 Å². The number of benzene rings is 1. The zero-order valence-electron chi connectivity index (χ0n) is 14.9. The Morgan fingerprint density at radius 1 is 1.32 bits per heavy atom. The van der Waals surface area contributed by atoms with Crippen LogP contribution in [0.25, 0.3) is 0 Å². The molecular formula is C20H26N2O3. The van der Waals surface area contributed by atoms with Crippen molar-refractivity contribution in [3.05, 3.63) is 53.5 Å². The predicted octanol–water partition coefficient (Wildman–Crippen LogP) is 3.08. The van der Waals surface area contributed by atoms with E-state index in [-0.39, 0.29) is 12.5 Å². The van der Waals surface area contributed by atoms with Gasteiger partial charge in [-0.2, -0.15) is 0 Å². The molecule has 0 spiro atoms. The lowest BCUT2D eigenvalue weighted by atomic mass is 10.1. The van der Waals surface area contributed by atoms with Gasteiger partial charge in [-0.15, -0.1) is 0 Å². The monoisotopic (exact) mass is 342 g/mol. The van der Waals surface area contributed by atoms with Crippen LogP contribution in [0.5, 0.6) is 0 Å². The zero-order valence-corrected chi connectivity index (χ0v) is 14.9. The number of hydrogen-bond donors (Lipinski definition) is 1. The first-order chi connectivity index (χ1) is 12.2. The number of para-hydroxylation sites is 1. The van der Waals surface area contributed by atoms with E-state index in [9.17, 15) is 9.90 Å². The van der Waals surface area contributed by atoms with Crippen LogP contribution in [-0.2, 0) is 13.0 Å². The maximum Gasteiger partial charge on any atom is 0.289 e. The molecule has 1 unspecified atom stereocenters. The summed E-state index contributed by atoms with van der Waals surface area (Å²) in [6, 6.07) is 10.7. The van der Waals surface area contributed by atoms with E-state index in [1.807, 2.05) is 13.0 Å². The first kappa shape index (κ1) is 17.5. The molecular weight excluding hydrogens is 316 g/mol. The standard InChI is InChI=1S/C20H26N2O3/c1-3-9-21(10-11-23)20(24)19-17(8-12-25-19)14-22-15(2)13-16-6-4-5-7-18(16)22/h4-8,12,15,23H,3,9-11,13-14H2,1-2H3. The van der Waals surface area contributed by atoms with E-state index >= 15 is 0 Å². The van der Waals surface area contributed by atoms with E-state index < -0.39 is 0 Å². The Balaban J connectivity index is 1.81. The molecule has 0 saturated carbocycles. The second-order valence-electron chi connectivity index (χ2n) is 6.60. The Hall–Kier alpha value is -2.27. The fourth-order valence-corrected chi connectivity index (χ4v) is 3.55. The molecule has 0 bridgehead atoms. The van der Waals surface area contributed by atoms with E-state index in [2.05, 4.69) is 36.1 Å². The summed E-state index contributed by atoms with van der Waals surface area (Å²) in [5, 5.41) is 9.22. The molecule has 1 aromatic heterocycles. The molecule has 25 heavy (non-hydrogen) atoms. The molecule has 0 aliphatic carbocycles. The van der Waals surface area contributed by atoms with Crippen molar-refractivity contribution in [3.8, 4) is 0 Å². The lowest BCUT2D eigenvalue weighted by Crippen LogP contribution is -2.35. The van der Waals surface area contributed by atoms with Gasteiger partial charge in [0, 0.05) is 36.9 Å². The highest BCUT2D eigenvalue weighted by molar-refractivity contribution is 5.93. The molecule has 0 radical (unpaired) electrons. The SMILES string of the molecule is CCCN(CCO)C(=O)c1occc1CN1c2ccccc2CC1C. The van der Waals surface area contributed by atoms with Crippen LogP contribution in [0.3, 0.4) is 0 Å². The molecule has 1 amide bonds. The van der Waals surface area contributed by atoms with Gasteiger partial charge < -0.3 is 19.3 Å². The summed E-state index contributed by atoms with van der Waals surface area (Å²) >= 11 is 0. The van der Waals surface area contributed by atoms with Gasteiger partial charge in [0.2, 0.25) is 0 Å². The highest BCUT2D eigenvalue weighted by atomic mass is 16.3. The van der Waals surface area contributed by atoms with Crippen molar-refractivity contribution >= 4 is 11.6 Å². The molecule has 3 rings (SSSR count). The summed E-state index contributed by atoms with van der Waals surface area (Å²) in [6.07, 6.45) is 3.44. The largest absolute Gasteiger partial charge is 0.459 e. The molecule has 5 heteroatoms. The number of furan rings is 1. The average Bonchev–Trinajstić information content (AvgIpc) is 3.19. The lowest BCUT2D eigenvalue weighted by Gasteiger charge is -2.25. The number of hydrogen-bond acceptors (Lipinski definition) is 4. The number of fused-ring (bicyclic) bond motifs is 1. The Kier molecular flexibility index (Phi) is 5.43. The van der Waals surface area contributed by atoms with Crippen molar-refractivity contribution in [1.29, 1.82) is 0 Å². The molecule has 0 saturated heterocycles. The maximum atomic E-state index is 12.8. The number of aliphatic hydroxyl groups excluding tert-OH is 1. The van der Waals surface area contributed by atoms with Crippen LogP contribution in [-0.4, -0.2) is 41.7 Å². The minimum Gasteiger partial charge on any atom is -0.459 e. The minimum absolute atomic E-state index is 0.0433. The average molecular weight is 342 g/mol. The number of anilines is 1. The summed E-state index contributed by atoms with van der Waals surface area (Å²) in [4.78, 5) is 16.8. The molecule has 1 aliphatic rings. The third-order valence-corrected chi connectivity index (χ3v) is 4.78. The van der Waals surface area contributed by atoms with Gasteiger partial charge in [-0.05, 0) is 37.5 Å². The number of carbonyl (C=O) groups excluding carboxylic acids is 1. The van der Waals surface area contributed by atoms with Gasteiger partial charge in [0.25, 0.3) is 5.91 Å². The van der Waals surface area contributed by atoms with E-state index in [0.29, 0.717) is 31.4 Å². The van der Waals surface area contributed by atoms with Gasteiger partial charge in [-0.25, -0.2) is 0 Å². The number of amides is 1. The van der Waals surface area contributed by atoms with Crippen molar-refractivity contribution in [2.24, 2.45) is 0 Å². The molecule has 1 aliphatic heterocycles. The Morgan fingerprint density at radius 2 is 2.12 bits per heavy atom. The summed E-state index contributed by atoms with van der Waals surface area (Å²) in [6.45, 7) is 5.77. The van der Waals surface area contributed by atoms with Crippen LogP contribution >= 0.6 is 0 Å². The molecule has 1 N–H and O–H groups in total. The Labute approximate surface area is 148 Å². The zero-order chi connectivity index (χ0) is 17.8. The molecule has 5 nitrogen and oxygen atoms in total. The van der Waals surface area contributed by atoms with Gasteiger partial charge in [0.15, 0.2) is 5.76 Å².